The number of nitrogens with zero attached hydrogens (tertiary/aromatic N) is 3. The van der Waals surface area contributed by atoms with E-state index < -0.39 is 0 Å². The van der Waals surface area contributed by atoms with Crippen LogP contribution in [-0.2, 0) is 6.42 Å². The van der Waals surface area contributed by atoms with E-state index in [0.29, 0.717) is 0 Å². The monoisotopic (exact) mass is 725 g/mol. The number of hydrogen-bond donors (Lipinski definition) is 0. The van der Waals surface area contributed by atoms with Gasteiger partial charge in [-0.05, 0) is 107 Å². The predicted octanol–water partition coefficient (Wildman–Crippen LogP) is 14.7. The summed E-state index contributed by atoms with van der Waals surface area (Å²) in [4.78, 5) is 2.39. The Morgan fingerprint density at radius 3 is 1.75 bits per heavy atom. The first kappa shape index (κ1) is 30.9. The molecule has 12 aromatic rings. The number of anilines is 3. The molecule has 266 valence electrons. The minimum atomic E-state index is 1.01. The molecule has 0 fully saturated rings. The maximum atomic E-state index is 2.53. The van der Waals surface area contributed by atoms with Gasteiger partial charge in [0.1, 0.15) is 0 Å². The van der Waals surface area contributed by atoms with Gasteiger partial charge in [-0.15, -0.1) is 0 Å². The zero-order valence-corrected chi connectivity index (χ0v) is 31.2. The highest BCUT2D eigenvalue weighted by Crippen LogP contribution is 2.44. The average molecular weight is 726 g/mol. The van der Waals surface area contributed by atoms with E-state index in [1.54, 1.807) is 0 Å². The fourth-order valence-corrected chi connectivity index (χ4v) is 10.1. The van der Waals surface area contributed by atoms with Crippen LogP contribution in [0.5, 0.6) is 0 Å². The van der Waals surface area contributed by atoms with E-state index >= 15 is 0 Å². The second-order valence-corrected chi connectivity index (χ2v) is 15.7. The van der Waals surface area contributed by atoms with E-state index in [4.69, 9.17) is 0 Å². The SMILES string of the molecule is C1=Cc2c(n(-c3ccc(N(c4ccc5ccccc5c4)c4ccc5ccccc5c4)cc3)c3cc4ccc5c6cccc7c8ccccc8n(c5c4cc23)c76)CC1. The Bertz CT molecular complexity index is 3560. The molecule has 3 nitrogen and oxygen atoms in total. The van der Waals surface area contributed by atoms with Crippen LogP contribution in [0.3, 0.4) is 0 Å². The molecule has 3 heteroatoms. The molecule has 0 aliphatic heterocycles. The molecule has 0 radical (unpaired) electrons. The lowest BCUT2D eigenvalue weighted by molar-refractivity contribution is 0.888. The minimum Gasteiger partial charge on any atom is -0.313 e. The molecule has 3 heterocycles. The number of benzene rings is 9. The molecule has 1 aliphatic rings. The molecule has 0 N–H and O–H groups in total. The smallest absolute Gasteiger partial charge is 0.0620 e. The lowest BCUT2D eigenvalue weighted by Gasteiger charge is -2.26. The van der Waals surface area contributed by atoms with Gasteiger partial charge in [-0.25, -0.2) is 0 Å². The molecule has 0 saturated heterocycles. The van der Waals surface area contributed by atoms with Gasteiger partial charge in [0, 0.05) is 66.3 Å². The molecule has 1 aliphatic carbocycles. The molecule has 0 bridgehead atoms. The van der Waals surface area contributed by atoms with Crippen molar-refractivity contribution in [2.24, 2.45) is 0 Å². The molecule has 0 spiro atoms. The van der Waals surface area contributed by atoms with Gasteiger partial charge in [0.15, 0.2) is 0 Å². The van der Waals surface area contributed by atoms with Crippen molar-refractivity contribution in [3.8, 4) is 5.69 Å². The number of hydrogen-bond acceptors (Lipinski definition) is 1. The molecule has 3 aromatic heterocycles. The topological polar surface area (TPSA) is 12.6 Å². The largest absolute Gasteiger partial charge is 0.313 e. The summed E-state index contributed by atoms with van der Waals surface area (Å²) >= 11 is 0. The summed E-state index contributed by atoms with van der Waals surface area (Å²) in [7, 11) is 0. The van der Waals surface area contributed by atoms with Crippen LogP contribution in [0.25, 0.3) is 93.1 Å². The highest BCUT2D eigenvalue weighted by molar-refractivity contribution is 6.28. The number of fused-ring (bicyclic) bond motifs is 13. The molecule has 13 rings (SSSR count). The summed E-state index contributed by atoms with van der Waals surface area (Å²) in [5, 5.41) is 14.1. The Balaban J connectivity index is 1.01. The summed E-state index contributed by atoms with van der Waals surface area (Å²) in [6.45, 7) is 0. The van der Waals surface area contributed by atoms with Gasteiger partial charge in [-0.3, -0.25) is 0 Å². The lowest BCUT2D eigenvalue weighted by atomic mass is 9.99. The normalized spacial score (nSPS) is 13.1. The molecule has 0 atom stereocenters. The number of para-hydroxylation sites is 2. The molecule has 0 saturated carbocycles. The maximum absolute atomic E-state index is 2.53. The van der Waals surface area contributed by atoms with Gasteiger partial charge in [0.2, 0.25) is 0 Å². The first-order valence-corrected chi connectivity index (χ1v) is 20.0. The van der Waals surface area contributed by atoms with Crippen molar-refractivity contribution in [3.05, 3.63) is 193 Å². The summed E-state index contributed by atoms with van der Waals surface area (Å²) in [5.41, 5.74) is 12.5. The third kappa shape index (κ3) is 4.37. The number of allylic oxidation sites excluding steroid dienone is 1. The lowest BCUT2D eigenvalue weighted by Crippen LogP contribution is -2.10. The third-order valence-electron chi connectivity index (χ3n) is 12.6. The van der Waals surface area contributed by atoms with E-state index in [9.17, 15) is 0 Å². The second-order valence-electron chi connectivity index (χ2n) is 15.7. The van der Waals surface area contributed by atoms with Gasteiger partial charge >= 0.3 is 0 Å². The Hall–Kier alpha value is -7.36. The fourth-order valence-electron chi connectivity index (χ4n) is 10.1. The highest BCUT2D eigenvalue weighted by atomic mass is 15.1. The zero-order chi connectivity index (χ0) is 37.2. The van der Waals surface area contributed by atoms with Crippen LogP contribution in [0.2, 0.25) is 0 Å². The van der Waals surface area contributed by atoms with Gasteiger partial charge < -0.3 is 13.9 Å². The Labute approximate surface area is 328 Å². The van der Waals surface area contributed by atoms with E-state index in [-0.39, 0.29) is 0 Å². The molecular formula is C54H35N3. The quantitative estimate of drug-likeness (QED) is 0.176. The molecule has 9 aromatic carbocycles. The Morgan fingerprint density at radius 1 is 0.404 bits per heavy atom. The molecular weight excluding hydrogens is 691 g/mol. The molecule has 0 unspecified atom stereocenters. The van der Waals surface area contributed by atoms with Crippen LogP contribution in [0.4, 0.5) is 17.1 Å². The van der Waals surface area contributed by atoms with E-state index in [0.717, 1.165) is 29.9 Å². The summed E-state index contributed by atoms with van der Waals surface area (Å²) in [6.07, 6.45) is 6.75. The van der Waals surface area contributed by atoms with Gasteiger partial charge in [-0.2, -0.15) is 0 Å². The highest BCUT2D eigenvalue weighted by Gasteiger charge is 2.23. The first-order valence-electron chi connectivity index (χ1n) is 20.0. The van der Waals surface area contributed by atoms with E-state index in [1.807, 2.05) is 0 Å². The van der Waals surface area contributed by atoms with Crippen molar-refractivity contribution in [1.82, 2.24) is 8.97 Å². The van der Waals surface area contributed by atoms with Crippen LogP contribution in [0, 0.1) is 0 Å². The standard InChI is InChI=1S/C54H35N3/c1-3-12-36-30-41(23-20-34(36)10-1)55(42-24-21-35-11-2-4-13-37(35)31-42)39-25-27-40(28-26-39)56-50-18-7-6-15-44(50)49-33-48-38(32-52(49)56)22-29-47-46-17-9-16-45-43-14-5-8-19-51(43)57(53(45)46)54(47)48/h1-6,8-17,19-33H,7,18H2. The van der Waals surface area contributed by atoms with Crippen molar-refractivity contribution in [3.63, 3.8) is 0 Å². The van der Waals surface area contributed by atoms with Crippen molar-refractivity contribution in [2.75, 3.05) is 4.90 Å². The maximum Gasteiger partial charge on any atom is 0.0620 e. The van der Waals surface area contributed by atoms with Crippen molar-refractivity contribution in [1.29, 1.82) is 0 Å². The minimum absolute atomic E-state index is 1.01. The van der Waals surface area contributed by atoms with Crippen LogP contribution in [-0.4, -0.2) is 8.97 Å². The Morgan fingerprint density at radius 2 is 1.00 bits per heavy atom. The second kappa shape index (κ2) is 11.6. The summed E-state index contributed by atoms with van der Waals surface area (Å²) in [5.74, 6) is 0. The van der Waals surface area contributed by atoms with E-state index in [2.05, 4.69) is 202 Å². The first-order chi connectivity index (χ1) is 28.3. The van der Waals surface area contributed by atoms with Gasteiger partial charge in [-0.1, -0.05) is 121 Å². The summed E-state index contributed by atoms with van der Waals surface area (Å²) in [6, 6.07) is 65.3. The van der Waals surface area contributed by atoms with Crippen LogP contribution in [0.1, 0.15) is 17.7 Å². The van der Waals surface area contributed by atoms with E-state index in [1.165, 1.54) is 98.3 Å². The number of aromatic nitrogens is 2. The van der Waals surface area contributed by atoms with Crippen molar-refractivity contribution in [2.45, 2.75) is 12.8 Å². The summed E-state index contributed by atoms with van der Waals surface area (Å²) < 4.78 is 5.05. The van der Waals surface area contributed by atoms with Crippen LogP contribution >= 0.6 is 0 Å². The van der Waals surface area contributed by atoms with Gasteiger partial charge in [0.05, 0.1) is 22.1 Å². The third-order valence-corrected chi connectivity index (χ3v) is 12.6. The fraction of sp³-hybridized carbons (Fsp3) is 0.0370. The van der Waals surface area contributed by atoms with Crippen LogP contribution in [0.15, 0.2) is 182 Å². The zero-order valence-electron chi connectivity index (χ0n) is 31.2. The van der Waals surface area contributed by atoms with Crippen molar-refractivity contribution < 1.29 is 0 Å². The average Bonchev–Trinajstić information content (AvgIpc) is 3.91. The van der Waals surface area contributed by atoms with Crippen molar-refractivity contribution >= 4 is 104 Å². The molecule has 57 heavy (non-hydrogen) atoms. The number of rotatable bonds is 4. The van der Waals surface area contributed by atoms with Gasteiger partial charge in [0.25, 0.3) is 0 Å². The Kier molecular flexibility index (Phi) is 6.28. The van der Waals surface area contributed by atoms with Crippen LogP contribution < -0.4 is 4.90 Å². The molecule has 0 amide bonds. The predicted molar refractivity (Wildman–Crippen MR) is 242 cm³/mol.